The van der Waals surface area contributed by atoms with E-state index in [0.717, 1.165) is 11.6 Å². The van der Waals surface area contributed by atoms with Crippen molar-refractivity contribution in [2.75, 3.05) is 21.9 Å². The number of benzene rings is 1. The number of fused-ring (bicyclic) bond motifs is 3. The molecule has 2 aliphatic rings. The predicted molar refractivity (Wildman–Crippen MR) is 84.8 cm³/mol. The van der Waals surface area contributed by atoms with E-state index in [0.29, 0.717) is 23.1 Å². The number of aromatic nitrogens is 1. The Balaban J connectivity index is 1.77. The summed E-state index contributed by atoms with van der Waals surface area (Å²) in [4.78, 5) is 24.3. The number of rotatable bonds is 2. The number of nitrogens with one attached hydrogen (secondary N) is 1. The van der Waals surface area contributed by atoms with Crippen LogP contribution in [0.5, 0.6) is 0 Å². The molecule has 1 aromatic heterocycles. The number of cyclic esters (lactones) is 1. The Kier molecular flexibility index (Phi) is 3.12. The van der Waals surface area contributed by atoms with Gasteiger partial charge in [0.1, 0.15) is 11.6 Å². The Morgan fingerprint density at radius 2 is 2.26 bits per heavy atom. The summed E-state index contributed by atoms with van der Waals surface area (Å²) >= 11 is 1.56. The number of primary amides is 1. The van der Waals surface area contributed by atoms with Gasteiger partial charge in [-0.3, -0.25) is 9.69 Å². The molecule has 0 spiro atoms. The molecule has 0 aliphatic carbocycles. The van der Waals surface area contributed by atoms with Gasteiger partial charge in [-0.2, -0.15) is 0 Å². The molecule has 120 valence electrons. The smallest absolute Gasteiger partial charge is 0.415 e. The Hall–Kier alpha value is -2.42. The third-order valence-corrected chi connectivity index (χ3v) is 4.71. The van der Waals surface area contributed by atoms with E-state index in [2.05, 4.69) is 4.72 Å². The molecule has 2 amide bonds. The lowest BCUT2D eigenvalue weighted by atomic mass is 10.2. The predicted octanol–water partition coefficient (Wildman–Crippen LogP) is 1.66. The Morgan fingerprint density at radius 1 is 1.43 bits per heavy atom. The molecule has 0 bridgehead atoms. The Bertz CT molecular complexity index is 837. The fraction of sp³-hybridized carbons (Fsp3) is 0.286. The highest BCUT2D eigenvalue weighted by atomic mass is 32.2. The second-order valence-electron chi connectivity index (χ2n) is 5.38. The fourth-order valence-electron chi connectivity index (χ4n) is 2.90. The zero-order valence-corrected chi connectivity index (χ0v) is 12.7. The molecule has 4 rings (SSSR count). The number of carbonyl (C=O) groups is 2. The average Bonchev–Trinajstić information content (AvgIpc) is 3.07. The van der Waals surface area contributed by atoms with Gasteiger partial charge in [0.15, 0.2) is 6.10 Å². The van der Waals surface area contributed by atoms with Crippen LogP contribution in [0.25, 0.3) is 10.9 Å². The van der Waals surface area contributed by atoms with Crippen molar-refractivity contribution >= 4 is 46.4 Å². The van der Waals surface area contributed by atoms with E-state index in [1.807, 2.05) is 10.6 Å². The van der Waals surface area contributed by atoms with Crippen LogP contribution in [0.2, 0.25) is 0 Å². The maximum atomic E-state index is 14.6. The van der Waals surface area contributed by atoms with Crippen molar-refractivity contribution in [3.63, 3.8) is 0 Å². The van der Waals surface area contributed by atoms with Crippen molar-refractivity contribution in [2.24, 2.45) is 5.73 Å². The molecule has 0 saturated carbocycles. The number of anilines is 2. The van der Waals surface area contributed by atoms with Crippen LogP contribution < -0.4 is 15.4 Å². The minimum atomic E-state index is -1.01. The van der Waals surface area contributed by atoms with Crippen molar-refractivity contribution in [1.82, 2.24) is 4.57 Å². The van der Waals surface area contributed by atoms with Crippen LogP contribution in [0.1, 0.15) is 0 Å². The summed E-state index contributed by atoms with van der Waals surface area (Å²) in [6, 6.07) is 4.82. The largest absolute Gasteiger partial charge is 0.434 e. The van der Waals surface area contributed by atoms with Crippen molar-refractivity contribution in [3.05, 3.63) is 24.0 Å². The normalized spacial score (nSPS) is 20.3. The number of nitrogens with two attached hydrogens (primary N) is 1. The van der Waals surface area contributed by atoms with Crippen LogP contribution in [0.15, 0.2) is 18.2 Å². The molecule has 23 heavy (non-hydrogen) atoms. The Labute approximate surface area is 134 Å². The van der Waals surface area contributed by atoms with Gasteiger partial charge in [0.2, 0.25) is 0 Å². The Morgan fingerprint density at radius 3 is 3.00 bits per heavy atom. The van der Waals surface area contributed by atoms with E-state index in [9.17, 15) is 14.0 Å². The number of hydrogen-bond donors (Lipinski definition) is 2. The number of hydrogen-bond acceptors (Lipinski definition) is 5. The van der Waals surface area contributed by atoms with Crippen LogP contribution in [-0.4, -0.2) is 35.0 Å². The van der Waals surface area contributed by atoms with E-state index < -0.39 is 23.9 Å². The maximum absolute atomic E-state index is 14.6. The highest BCUT2D eigenvalue weighted by molar-refractivity contribution is 8.00. The summed E-state index contributed by atoms with van der Waals surface area (Å²) in [5.74, 6) is 0.526. The summed E-state index contributed by atoms with van der Waals surface area (Å²) in [6.07, 6.45) is -1.72. The first kappa shape index (κ1) is 14.2. The van der Waals surface area contributed by atoms with E-state index >= 15 is 0 Å². The van der Waals surface area contributed by atoms with Crippen LogP contribution in [-0.2, 0) is 16.1 Å². The molecule has 1 unspecified atom stereocenters. The van der Waals surface area contributed by atoms with Gasteiger partial charge in [0.05, 0.1) is 17.7 Å². The second-order valence-corrected chi connectivity index (χ2v) is 6.28. The molecule has 3 heterocycles. The standard InChI is InChI=1S/C14H13FN4O3S/c15-9-5-8(19-6-10(13(16)20)22-14(19)21)3-7-4-11-17-23-2-1-18(11)12(7)9/h3-5,10,17H,1-2,6H2,(H2,16,20). The van der Waals surface area contributed by atoms with E-state index in [4.69, 9.17) is 10.5 Å². The van der Waals surface area contributed by atoms with Gasteiger partial charge < -0.3 is 19.8 Å². The fourth-order valence-corrected chi connectivity index (χ4v) is 3.60. The van der Waals surface area contributed by atoms with Crippen molar-refractivity contribution < 1.29 is 18.7 Å². The minimum absolute atomic E-state index is 0.0131. The third-order valence-electron chi connectivity index (χ3n) is 3.97. The number of ether oxygens (including phenoxy) is 1. The molecule has 1 saturated heterocycles. The van der Waals surface area contributed by atoms with Crippen molar-refractivity contribution in [3.8, 4) is 0 Å². The van der Waals surface area contributed by atoms with Gasteiger partial charge in [-0.1, -0.05) is 0 Å². The summed E-state index contributed by atoms with van der Waals surface area (Å²) < 4.78 is 24.5. The van der Waals surface area contributed by atoms with Gasteiger partial charge in [0, 0.05) is 17.7 Å². The van der Waals surface area contributed by atoms with E-state index in [-0.39, 0.29) is 6.54 Å². The monoisotopic (exact) mass is 336 g/mol. The third kappa shape index (κ3) is 2.19. The lowest BCUT2D eigenvalue weighted by Crippen LogP contribution is -2.32. The molecular weight excluding hydrogens is 323 g/mol. The first-order valence-electron chi connectivity index (χ1n) is 7.02. The highest BCUT2D eigenvalue weighted by Gasteiger charge is 2.36. The molecule has 2 aromatic rings. The lowest BCUT2D eigenvalue weighted by Gasteiger charge is -2.17. The highest BCUT2D eigenvalue weighted by Crippen LogP contribution is 2.34. The molecular formula is C14H13FN4O3S. The number of carbonyl (C=O) groups excluding carboxylic acids is 2. The summed E-state index contributed by atoms with van der Waals surface area (Å²) in [6.45, 7) is 0.697. The van der Waals surface area contributed by atoms with Crippen LogP contribution in [0, 0.1) is 5.82 Å². The van der Waals surface area contributed by atoms with E-state index in [1.165, 1.54) is 11.0 Å². The molecule has 0 radical (unpaired) electrons. The molecule has 1 aromatic carbocycles. The SMILES string of the molecule is NC(=O)C1CN(c2cc(F)c3c(c2)cc2n3CCSN2)C(=O)O1. The molecule has 7 nitrogen and oxygen atoms in total. The van der Waals surface area contributed by atoms with Gasteiger partial charge in [-0.15, -0.1) is 0 Å². The number of aryl methyl sites for hydroxylation is 1. The van der Waals surface area contributed by atoms with E-state index in [1.54, 1.807) is 18.0 Å². The maximum Gasteiger partial charge on any atom is 0.415 e. The van der Waals surface area contributed by atoms with Gasteiger partial charge in [0.25, 0.3) is 5.91 Å². The first-order valence-corrected chi connectivity index (χ1v) is 8.01. The summed E-state index contributed by atoms with van der Waals surface area (Å²) in [5, 5.41) is 0.681. The van der Waals surface area contributed by atoms with Gasteiger partial charge in [-0.05, 0) is 30.1 Å². The van der Waals surface area contributed by atoms with Crippen LogP contribution in [0.4, 0.5) is 20.7 Å². The summed E-state index contributed by atoms with van der Waals surface area (Å²) in [5.41, 5.74) is 6.00. The average molecular weight is 336 g/mol. The lowest BCUT2D eigenvalue weighted by molar-refractivity contribution is -0.124. The number of amides is 2. The molecule has 3 N–H and O–H groups in total. The molecule has 2 aliphatic heterocycles. The first-order chi connectivity index (χ1) is 11.0. The van der Waals surface area contributed by atoms with Gasteiger partial charge in [-0.25, -0.2) is 9.18 Å². The molecule has 1 atom stereocenters. The van der Waals surface area contributed by atoms with Crippen LogP contribution in [0.3, 0.4) is 0 Å². The summed E-state index contributed by atoms with van der Waals surface area (Å²) in [7, 11) is 0. The van der Waals surface area contributed by atoms with Gasteiger partial charge >= 0.3 is 6.09 Å². The quantitative estimate of drug-likeness (QED) is 0.814. The van der Waals surface area contributed by atoms with Crippen molar-refractivity contribution in [1.29, 1.82) is 0 Å². The zero-order valence-electron chi connectivity index (χ0n) is 11.9. The zero-order chi connectivity index (χ0) is 16.1. The van der Waals surface area contributed by atoms with Crippen molar-refractivity contribution in [2.45, 2.75) is 12.6 Å². The molecule has 9 heteroatoms. The number of nitrogens with zero attached hydrogens (tertiary/aromatic N) is 2. The van der Waals surface area contributed by atoms with Crippen LogP contribution >= 0.6 is 11.9 Å². The number of halogens is 1. The minimum Gasteiger partial charge on any atom is -0.434 e. The molecule has 1 fully saturated rings. The second kappa shape index (κ2) is 5.05. The topological polar surface area (TPSA) is 89.6 Å².